The second-order valence-electron chi connectivity index (χ2n) is 6.55. The Bertz CT molecular complexity index is 253. The lowest BCUT2D eigenvalue weighted by Crippen LogP contribution is -2.44. The number of fused-ring (bicyclic) bond motifs is 1. The molecule has 0 bridgehead atoms. The van der Waals surface area contributed by atoms with Gasteiger partial charge in [0.25, 0.3) is 0 Å². The summed E-state index contributed by atoms with van der Waals surface area (Å²) in [7, 11) is 0. The SMILES string of the molecule is CCC1CCCN(CC2NCC3CCCC32)C1. The highest BCUT2D eigenvalue weighted by Gasteiger charge is 2.39. The number of nitrogens with zero attached hydrogens (tertiary/aromatic N) is 1. The van der Waals surface area contributed by atoms with Crippen LogP contribution in [0.5, 0.6) is 0 Å². The predicted octanol–water partition coefficient (Wildman–Crippen LogP) is 2.50. The van der Waals surface area contributed by atoms with Gasteiger partial charge in [-0.15, -0.1) is 0 Å². The Morgan fingerprint density at radius 2 is 2.12 bits per heavy atom. The van der Waals surface area contributed by atoms with Crippen molar-refractivity contribution in [2.24, 2.45) is 17.8 Å². The van der Waals surface area contributed by atoms with Gasteiger partial charge in [-0.3, -0.25) is 0 Å². The molecule has 1 aliphatic carbocycles. The number of nitrogens with one attached hydrogen (secondary N) is 1. The molecule has 17 heavy (non-hydrogen) atoms. The summed E-state index contributed by atoms with van der Waals surface area (Å²) in [5, 5.41) is 3.80. The predicted molar refractivity (Wildman–Crippen MR) is 72.1 cm³/mol. The van der Waals surface area contributed by atoms with Crippen LogP contribution < -0.4 is 5.32 Å². The number of rotatable bonds is 3. The van der Waals surface area contributed by atoms with Crippen molar-refractivity contribution in [1.82, 2.24) is 10.2 Å². The van der Waals surface area contributed by atoms with E-state index < -0.39 is 0 Å². The first kappa shape index (κ1) is 12.0. The van der Waals surface area contributed by atoms with Gasteiger partial charge in [-0.25, -0.2) is 0 Å². The van der Waals surface area contributed by atoms with Gasteiger partial charge in [-0.05, 0) is 56.5 Å². The molecule has 3 aliphatic rings. The minimum Gasteiger partial charge on any atom is -0.312 e. The first-order valence-corrected chi connectivity index (χ1v) is 7.82. The molecule has 0 radical (unpaired) electrons. The van der Waals surface area contributed by atoms with Crippen LogP contribution in [0.2, 0.25) is 0 Å². The lowest BCUT2D eigenvalue weighted by molar-refractivity contribution is 0.149. The fraction of sp³-hybridized carbons (Fsp3) is 1.00. The summed E-state index contributed by atoms with van der Waals surface area (Å²) in [6.07, 6.45) is 8.75. The van der Waals surface area contributed by atoms with Gasteiger partial charge in [0.2, 0.25) is 0 Å². The molecule has 4 atom stereocenters. The van der Waals surface area contributed by atoms with E-state index in [2.05, 4.69) is 17.1 Å². The van der Waals surface area contributed by atoms with Crippen LogP contribution in [0.1, 0.15) is 45.4 Å². The Kier molecular flexibility index (Phi) is 3.72. The molecule has 0 aromatic carbocycles. The van der Waals surface area contributed by atoms with Crippen LogP contribution in [0.15, 0.2) is 0 Å². The molecule has 2 heteroatoms. The van der Waals surface area contributed by atoms with E-state index in [1.165, 1.54) is 64.7 Å². The summed E-state index contributed by atoms with van der Waals surface area (Å²) < 4.78 is 0. The average Bonchev–Trinajstić information content (AvgIpc) is 2.94. The van der Waals surface area contributed by atoms with Crippen LogP contribution >= 0.6 is 0 Å². The second-order valence-corrected chi connectivity index (χ2v) is 6.55. The van der Waals surface area contributed by atoms with E-state index >= 15 is 0 Å². The van der Waals surface area contributed by atoms with Gasteiger partial charge in [-0.1, -0.05) is 19.8 Å². The van der Waals surface area contributed by atoms with Crippen molar-refractivity contribution >= 4 is 0 Å². The van der Waals surface area contributed by atoms with Crippen LogP contribution in [0.3, 0.4) is 0 Å². The van der Waals surface area contributed by atoms with Gasteiger partial charge >= 0.3 is 0 Å². The van der Waals surface area contributed by atoms with Gasteiger partial charge < -0.3 is 10.2 Å². The standard InChI is InChI=1S/C15H28N2/c1-2-12-5-4-8-17(10-12)11-15-14-7-3-6-13(14)9-16-15/h12-16H,2-11H2,1H3. The number of hydrogen-bond donors (Lipinski definition) is 1. The molecule has 2 heterocycles. The Labute approximate surface area is 106 Å². The highest BCUT2D eigenvalue weighted by molar-refractivity contribution is 4.95. The van der Waals surface area contributed by atoms with Gasteiger partial charge in [0.05, 0.1) is 0 Å². The third-order valence-corrected chi connectivity index (χ3v) is 5.51. The summed E-state index contributed by atoms with van der Waals surface area (Å²) in [5.41, 5.74) is 0. The molecule has 0 spiro atoms. The first-order valence-electron chi connectivity index (χ1n) is 7.82. The minimum absolute atomic E-state index is 0.818. The molecule has 0 amide bonds. The molecule has 2 aliphatic heterocycles. The zero-order valence-corrected chi connectivity index (χ0v) is 11.3. The summed E-state index contributed by atoms with van der Waals surface area (Å²) in [6.45, 7) is 7.71. The first-order chi connectivity index (χ1) is 8.36. The number of piperidine rings is 1. The molecule has 0 aromatic rings. The van der Waals surface area contributed by atoms with E-state index in [-0.39, 0.29) is 0 Å². The largest absolute Gasteiger partial charge is 0.312 e. The molecule has 2 nitrogen and oxygen atoms in total. The maximum absolute atomic E-state index is 3.80. The average molecular weight is 236 g/mol. The summed E-state index contributed by atoms with van der Waals surface area (Å²) >= 11 is 0. The molecule has 3 rings (SSSR count). The van der Waals surface area contributed by atoms with Gasteiger partial charge in [-0.2, -0.15) is 0 Å². The van der Waals surface area contributed by atoms with Crippen molar-refractivity contribution in [3.05, 3.63) is 0 Å². The quantitative estimate of drug-likeness (QED) is 0.810. The molecule has 0 aromatic heterocycles. The Morgan fingerprint density at radius 1 is 1.18 bits per heavy atom. The van der Waals surface area contributed by atoms with Crippen molar-refractivity contribution in [2.75, 3.05) is 26.2 Å². The lowest BCUT2D eigenvalue weighted by Gasteiger charge is -2.35. The van der Waals surface area contributed by atoms with Crippen molar-refractivity contribution in [3.8, 4) is 0 Å². The number of likely N-dealkylation sites (tertiary alicyclic amines) is 1. The van der Waals surface area contributed by atoms with E-state index in [4.69, 9.17) is 0 Å². The minimum atomic E-state index is 0.818. The topological polar surface area (TPSA) is 15.3 Å². The van der Waals surface area contributed by atoms with Crippen molar-refractivity contribution in [3.63, 3.8) is 0 Å². The summed E-state index contributed by atoms with van der Waals surface area (Å²) in [5.74, 6) is 3.01. The maximum atomic E-state index is 3.80. The molecule has 1 N–H and O–H groups in total. The van der Waals surface area contributed by atoms with Gasteiger partial charge in [0, 0.05) is 19.1 Å². The molecule has 1 saturated carbocycles. The van der Waals surface area contributed by atoms with E-state index in [0.717, 1.165) is 23.8 Å². The van der Waals surface area contributed by atoms with Crippen molar-refractivity contribution < 1.29 is 0 Å². The van der Waals surface area contributed by atoms with Crippen LogP contribution in [0.4, 0.5) is 0 Å². The molecule has 2 saturated heterocycles. The zero-order chi connectivity index (χ0) is 11.7. The Morgan fingerprint density at radius 3 is 3.00 bits per heavy atom. The van der Waals surface area contributed by atoms with Gasteiger partial charge in [0.15, 0.2) is 0 Å². The third kappa shape index (κ3) is 2.53. The maximum Gasteiger partial charge on any atom is 0.0226 e. The van der Waals surface area contributed by atoms with Crippen LogP contribution in [0.25, 0.3) is 0 Å². The van der Waals surface area contributed by atoms with Crippen LogP contribution in [0, 0.1) is 17.8 Å². The van der Waals surface area contributed by atoms with Crippen molar-refractivity contribution in [2.45, 2.75) is 51.5 Å². The Hall–Kier alpha value is -0.0800. The Balaban J connectivity index is 1.52. The smallest absolute Gasteiger partial charge is 0.0226 e. The fourth-order valence-corrected chi connectivity index (χ4v) is 4.43. The second kappa shape index (κ2) is 5.27. The van der Waals surface area contributed by atoms with E-state index in [9.17, 15) is 0 Å². The fourth-order valence-electron chi connectivity index (χ4n) is 4.43. The monoisotopic (exact) mass is 236 g/mol. The van der Waals surface area contributed by atoms with E-state index in [1.807, 2.05) is 0 Å². The van der Waals surface area contributed by atoms with Crippen LogP contribution in [-0.2, 0) is 0 Å². The van der Waals surface area contributed by atoms with E-state index in [0.29, 0.717) is 0 Å². The van der Waals surface area contributed by atoms with Crippen molar-refractivity contribution in [1.29, 1.82) is 0 Å². The zero-order valence-electron chi connectivity index (χ0n) is 11.3. The number of hydrogen-bond acceptors (Lipinski definition) is 2. The third-order valence-electron chi connectivity index (χ3n) is 5.51. The van der Waals surface area contributed by atoms with E-state index in [1.54, 1.807) is 0 Å². The summed E-state index contributed by atoms with van der Waals surface area (Å²) in [6, 6.07) is 0.818. The summed E-state index contributed by atoms with van der Waals surface area (Å²) in [4.78, 5) is 2.75. The van der Waals surface area contributed by atoms with Gasteiger partial charge in [0.1, 0.15) is 0 Å². The lowest BCUT2D eigenvalue weighted by atomic mass is 9.91. The highest BCUT2D eigenvalue weighted by atomic mass is 15.2. The molecule has 4 unspecified atom stereocenters. The molecule has 98 valence electrons. The van der Waals surface area contributed by atoms with Crippen LogP contribution in [-0.4, -0.2) is 37.1 Å². The highest BCUT2D eigenvalue weighted by Crippen LogP contribution is 2.38. The molecular weight excluding hydrogens is 208 g/mol. The molecule has 3 fully saturated rings. The molecular formula is C15H28N2. The normalized spacial score (nSPS) is 42.9.